The minimum absolute atomic E-state index is 0.340. The Bertz CT molecular complexity index is 417. The first kappa shape index (κ1) is 19.3. The van der Waals surface area contributed by atoms with Gasteiger partial charge in [0.15, 0.2) is 0 Å². The maximum atomic E-state index is 11.5. The highest BCUT2D eigenvalue weighted by Crippen LogP contribution is 2.15. The van der Waals surface area contributed by atoms with Gasteiger partial charge < -0.3 is 9.47 Å². The fourth-order valence-electron chi connectivity index (χ4n) is 2.19. The lowest BCUT2D eigenvalue weighted by molar-refractivity contribution is 0.0427. The van der Waals surface area contributed by atoms with Crippen LogP contribution in [0.4, 0.5) is 4.79 Å². The molecule has 0 N–H and O–H groups in total. The summed E-state index contributed by atoms with van der Waals surface area (Å²) in [7, 11) is 0. The van der Waals surface area contributed by atoms with Crippen LogP contribution in [0.2, 0.25) is 0 Å². The van der Waals surface area contributed by atoms with Gasteiger partial charge in [0.05, 0.1) is 13.2 Å². The Labute approximate surface area is 147 Å². The first-order chi connectivity index (χ1) is 10.7. The van der Waals surface area contributed by atoms with Gasteiger partial charge >= 0.3 is 6.16 Å². The molecule has 1 aromatic carbocycles. The molecule has 0 radical (unpaired) electrons. The molecule has 0 amide bonds. The Morgan fingerprint density at radius 2 is 1.82 bits per heavy atom. The monoisotopic (exact) mass is 418 g/mol. The van der Waals surface area contributed by atoms with E-state index in [0.717, 1.165) is 25.7 Å². The quantitative estimate of drug-likeness (QED) is 0.282. The number of carbonyl (C=O) groups is 1. The van der Waals surface area contributed by atoms with Gasteiger partial charge in [-0.3, -0.25) is 0 Å². The topological polar surface area (TPSA) is 35.5 Å². The molecule has 0 spiro atoms. The third-order valence-electron chi connectivity index (χ3n) is 3.67. The van der Waals surface area contributed by atoms with Gasteiger partial charge in [-0.2, -0.15) is 0 Å². The fourth-order valence-corrected chi connectivity index (χ4v) is 2.55. The predicted octanol–water partition coefficient (Wildman–Crippen LogP) is 5.59. The molecular weight excluding hydrogens is 391 g/mol. The Kier molecular flexibility index (Phi) is 10.3. The van der Waals surface area contributed by atoms with Crippen molar-refractivity contribution < 1.29 is 14.3 Å². The zero-order valence-corrected chi connectivity index (χ0v) is 15.8. The van der Waals surface area contributed by atoms with Crippen LogP contribution in [-0.4, -0.2) is 19.4 Å². The van der Waals surface area contributed by atoms with E-state index < -0.39 is 6.16 Å². The lowest BCUT2D eigenvalue weighted by Crippen LogP contribution is -2.17. The fraction of sp³-hybridized carbons (Fsp3) is 0.611. The summed E-state index contributed by atoms with van der Waals surface area (Å²) in [5.41, 5.74) is 1.28. The molecule has 3 nitrogen and oxygen atoms in total. The van der Waals surface area contributed by atoms with Gasteiger partial charge in [-0.05, 0) is 65.5 Å². The largest absolute Gasteiger partial charge is 0.508 e. The van der Waals surface area contributed by atoms with Crippen molar-refractivity contribution in [3.63, 3.8) is 0 Å². The number of carbonyl (C=O) groups excluding carboxylic acids is 1. The molecule has 124 valence electrons. The predicted molar refractivity (Wildman–Crippen MR) is 98.1 cm³/mol. The van der Waals surface area contributed by atoms with Gasteiger partial charge in [0.25, 0.3) is 0 Å². The van der Waals surface area contributed by atoms with E-state index in [1.54, 1.807) is 0 Å². The molecule has 1 rings (SSSR count). The van der Waals surface area contributed by atoms with Crippen LogP contribution in [0.25, 0.3) is 0 Å². The van der Waals surface area contributed by atoms with E-state index >= 15 is 0 Å². The summed E-state index contributed by atoms with van der Waals surface area (Å²) in [4.78, 5) is 11.5. The highest BCUT2D eigenvalue weighted by Gasteiger charge is 2.12. The zero-order chi connectivity index (χ0) is 16.2. The lowest BCUT2D eigenvalue weighted by atomic mass is 9.98. The third kappa shape index (κ3) is 8.61. The van der Waals surface area contributed by atoms with E-state index in [1.165, 1.54) is 22.0 Å². The molecule has 4 heteroatoms. The molecule has 0 aliphatic rings. The van der Waals surface area contributed by atoms with E-state index in [4.69, 9.17) is 9.47 Å². The summed E-state index contributed by atoms with van der Waals surface area (Å²) in [5, 5.41) is 0. The summed E-state index contributed by atoms with van der Waals surface area (Å²) in [6.07, 6.45) is 5.77. The Balaban J connectivity index is 2.22. The average Bonchev–Trinajstić information content (AvgIpc) is 2.53. The van der Waals surface area contributed by atoms with Gasteiger partial charge in [-0.1, -0.05) is 45.2 Å². The maximum Gasteiger partial charge on any atom is 0.508 e. The normalized spacial score (nSPS) is 12.0. The highest BCUT2D eigenvalue weighted by atomic mass is 127. The van der Waals surface area contributed by atoms with E-state index in [2.05, 4.69) is 60.7 Å². The SMILES string of the molecule is CCCCCCOC(=O)OCC(CC)Cc1ccc(I)cc1. The summed E-state index contributed by atoms with van der Waals surface area (Å²) >= 11 is 2.30. The summed E-state index contributed by atoms with van der Waals surface area (Å²) in [6, 6.07) is 8.48. The van der Waals surface area contributed by atoms with Crippen LogP contribution in [0.3, 0.4) is 0 Å². The first-order valence-electron chi connectivity index (χ1n) is 8.19. The highest BCUT2D eigenvalue weighted by molar-refractivity contribution is 14.1. The second-order valence-corrected chi connectivity index (χ2v) is 6.82. The second-order valence-electron chi connectivity index (χ2n) is 5.57. The molecule has 0 saturated carbocycles. The second kappa shape index (κ2) is 11.7. The van der Waals surface area contributed by atoms with Crippen molar-refractivity contribution >= 4 is 28.7 Å². The van der Waals surface area contributed by atoms with Gasteiger partial charge in [0, 0.05) is 3.57 Å². The number of benzene rings is 1. The molecule has 0 aliphatic carbocycles. The van der Waals surface area contributed by atoms with Crippen molar-refractivity contribution in [3.05, 3.63) is 33.4 Å². The van der Waals surface area contributed by atoms with E-state index in [-0.39, 0.29) is 0 Å². The molecule has 1 aromatic rings. The van der Waals surface area contributed by atoms with Crippen LogP contribution in [0.1, 0.15) is 51.5 Å². The van der Waals surface area contributed by atoms with Crippen molar-refractivity contribution in [2.45, 2.75) is 52.4 Å². The summed E-state index contributed by atoms with van der Waals surface area (Å²) in [6.45, 7) is 5.17. The molecule has 0 heterocycles. The molecule has 1 unspecified atom stereocenters. The zero-order valence-electron chi connectivity index (χ0n) is 13.6. The molecule has 0 fully saturated rings. The minimum Gasteiger partial charge on any atom is -0.434 e. The number of ether oxygens (including phenoxy) is 2. The molecule has 1 atom stereocenters. The van der Waals surface area contributed by atoms with E-state index in [1.807, 2.05) is 0 Å². The van der Waals surface area contributed by atoms with Crippen molar-refractivity contribution in [1.29, 1.82) is 0 Å². The first-order valence-corrected chi connectivity index (χ1v) is 9.27. The smallest absolute Gasteiger partial charge is 0.434 e. The number of hydrogen-bond acceptors (Lipinski definition) is 3. The summed E-state index contributed by atoms with van der Waals surface area (Å²) < 4.78 is 11.6. The van der Waals surface area contributed by atoms with Crippen LogP contribution < -0.4 is 0 Å². The Hall–Kier alpha value is -0.780. The van der Waals surface area contributed by atoms with Crippen LogP contribution in [0, 0.1) is 9.49 Å². The van der Waals surface area contributed by atoms with Crippen molar-refractivity contribution in [1.82, 2.24) is 0 Å². The third-order valence-corrected chi connectivity index (χ3v) is 4.39. The van der Waals surface area contributed by atoms with Crippen molar-refractivity contribution in [2.75, 3.05) is 13.2 Å². The Morgan fingerprint density at radius 3 is 2.45 bits per heavy atom. The minimum atomic E-state index is -0.530. The van der Waals surface area contributed by atoms with E-state index in [9.17, 15) is 4.79 Å². The van der Waals surface area contributed by atoms with Gasteiger partial charge in [-0.25, -0.2) is 4.79 Å². The number of hydrogen-bond donors (Lipinski definition) is 0. The van der Waals surface area contributed by atoms with Gasteiger partial charge in [0.2, 0.25) is 0 Å². The van der Waals surface area contributed by atoms with Crippen LogP contribution in [0.15, 0.2) is 24.3 Å². The molecule has 0 aliphatic heterocycles. The molecule has 0 bridgehead atoms. The maximum absolute atomic E-state index is 11.5. The van der Waals surface area contributed by atoms with Crippen LogP contribution in [-0.2, 0) is 15.9 Å². The standard InChI is InChI=1S/C18H27IO3/c1-3-5-6-7-12-21-18(20)22-14-15(4-2)13-16-8-10-17(19)11-9-16/h8-11,15H,3-7,12-14H2,1-2H3. The number of unbranched alkanes of at least 4 members (excludes halogenated alkanes) is 3. The molecule has 0 aromatic heterocycles. The Morgan fingerprint density at radius 1 is 1.09 bits per heavy atom. The summed E-state index contributed by atoms with van der Waals surface area (Å²) in [5.74, 6) is 0.340. The van der Waals surface area contributed by atoms with Crippen LogP contribution >= 0.6 is 22.6 Å². The van der Waals surface area contributed by atoms with Gasteiger partial charge in [0.1, 0.15) is 0 Å². The van der Waals surface area contributed by atoms with Crippen molar-refractivity contribution in [2.24, 2.45) is 5.92 Å². The number of rotatable bonds is 10. The molecule has 22 heavy (non-hydrogen) atoms. The lowest BCUT2D eigenvalue weighted by Gasteiger charge is -2.15. The van der Waals surface area contributed by atoms with Gasteiger partial charge in [-0.15, -0.1) is 0 Å². The molecular formula is C18H27IO3. The molecule has 0 saturated heterocycles. The number of halogens is 1. The van der Waals surface area contributed by atoms with Crippen LogP contribution in [0.5, 0.6) is 0 Å². The van der Waals surface area contributed by atoms with Crippen molar-refractivity contribution in [3.8, 4) is 0 Å². The van der Waals surface area contributed by atoms with E-state index in [0.29, 0.717) is 19.1 Å². The average molecular weight is 418 g/mol.